The van der Waals surface area contributed by atoms with Gasteiger partial charge in [0.2, 0.25) is 0 Å². The largest absolute Gasteiger partial charge is 0.316 e. The van der Waals surface area contributed by atoms with Gasteiger partial charge in [-0.15, -0.1) is 0 Å². The lowest BCUT2D eigenvalue weighted by Gasteiger charge is -2.26. The van der Waals surface area contributed by atoms with Gasteiger partial charge in [0.05, 0.1) is 0 Å². The average molecular weight is 191 g/mol. The van der Waals surface area contributed by atoms with Crippen LogP contribution < -0.4 is 5.32 Å². The quantitative estimate of drug-likeness (QED) is 0.733. The van der Waals surface area contributed by atoms with Crippen molar-refractivity contribution in [3.05, 3.63) is 0 Å². The van der Waals surface area contributed by atoms with Crippen molar-refractivity contribution in [2.75, 3.05) is 7.05 Å². The zero-order valence-corrected chi connectivity index (χ0v) is 9.79. The van der Waals surface area contributed by atoms with Crippen LogP contribution in [0.25, 0.3) is 0 Å². The molecular formula is C9H21NOS. The molecule has 0 amide bonds. The molecule has 3 atom stereocenters. The predicted octanol–water partition coefficient (Wildman–Crippen LogP) is 1.53. The van der Waals surface area contributed by atoms with Gasteiger partial charge in [-0.05, 0) is 41.7 Å². The molecule has 0 aliphatic heterocycles. The molecule has 3 heteroatoms. The van der Waals surface area contributed by atoms with Crippen LogP contribution in [-0.4, -0.2) is 27.3 Å². The summed E-state index contributed by atoms with van der Waals surface area (Å²) < 4.78 is 11.7. The Morgan fingerprint density at radius 3 is 1.92 bits per heavy atom. The molecule has 74 valence electrons. The molecule has 0 heterocycles. The molecule has 0 rings (SSSR count). The predicted molar refractivity (Wildman–Crippen MR) is 55.9 cm³/mol. The molecule has 1 N–H and O–H groups in total. The van der Waals surface area contributed by atoms with Crippen LogP contribution in [0.2, 0.25) is 0 Å². The number of rotatable bonds is 3. The first-order chi connectivity index (χ1) is 5.30. The Morgan fingerprint density at radius 1 is 1.25 bits per heavy atom. The number of nitrogens with one attached hydrogen (secondary N) is 1. The van der Waals surface area contributed by atoms with Gasteiger partial charge in [-0.2, -0.15) is 0 Å². The molecule has 0 bridgehead atoms. The van der Waals surface area contributed by atoms with Crippen LogP contribution in [0.5, 0.6) is 0 Å². The van der Waals surface area contributed by atoms with Gasteiger partial charge in [0, 0.05) is 26.8 Å². The van der Waals surface area contributed by atoms with Crippen molar-refractivity contribution in [2.45, 2.75) is 50.7 Å². The molecule has 0 saturated carbocycles. The molecule has 0 fully saturated rings. The summed E-state index contributed by atoms with van der Waals surface area (Å²) in [5.74, 6) is 0. The van der Waals surface area contributed by atoms with Crippen LogP contribution in [0, 0.1) is 0 Å². The Hall–Kier alpha value is 0.110. The van der Waals surface area contributed by atoms with E-state index in [1.54, 1.807) is 0 Å². The summed E-state index contributed by atoms with van der Waals surface area (Å²) in [5, 5.41) is 3.33. The highest BCUT2D eigenvalue weighted by Gasteiger charge is 2.27. The van der Waals surface area contributed by atoms with Crippen LogP contribution in [0.4, 0.5) is 0 Å². The first-order valence-corrected chi connectivity index (χ1v) is 5.60. The Kier molecular flexibility index (Phi) is 4.42. The second-order valence-electron chi connectivity index (χ2n) is 4.19. The fourth-order valence-corrected chi connectivity index (χ4v) is 2.60. The smallest absolute Gasteiger partial charge is 0.0475 e. The summed E-state index contributed by atoms with van der Waals surface area (Å²) in [4.78, 5) is 0. The van der Waals surface area contributed by atoms with E-state index in [-0.39, 0.29) is 10.00 Å². The van der Waals surface area contributed by atoms with Gasteiger partial charge >= 0.3 is 0 Å². The van der Waals surface area contributed by atoms with Crippen LogP contribution in [0.1, 0.15) is 34.6 Å². The highest BCUT2D eigenvalue weighted by atomic mass is 32.2. The van der Waals surface area contributed by atoms with E-state index in [0.717, 1.165) is 0 Å². The van der Waals surface area contributed by atoms with Crippen LogP contribution in [-0.2, 0) is 10.8 Å². The fourth-order valence-electron chi connectivity index (χ4n) is 0.978. The van der Waals surface area contributed by atoms with E-state index in [1.165, 1.54) is 0 Å². The first kappa shape index (κ1) is 12.1. The monoisotopic (exact) mass is 191 g/mol. The topological polar surface area (TPSA) is 29.1 Å². The van der Waals surface area contributed by atoms with Gasteiger partial charge in [0.15, 0.2) is 0 Å². The van der Waals surface area contributed by atoms with E-state index in [0.29, 0.717) is 6.04 Å². The summed E-state index contributed by atoms with van der Waals surface area (Å²) in [5.41, 5.74) is 0. The lowest BCUT2D eigenvalue weighted by molar-refractivity contribution is 0.568. The number of hydrogen-bond acceptors (Lipinski definition) is 2. The molecule has 0 aromatic carbocycles. The zero-order valence-electron chi connectivity index (χ0n) is 8.97. The maximum Gasteiger partial charge on any atom is 0.0475 e. The van der Waals surface area contributed by atoms with Crippen molar-refractivity contribution in [1.29, 1.82) is 0 Å². The third-order valence-corrected chi connectivity index (χ3v) is 4.39. The minimum Gasteiger partial charge on any atom is -0.316 e. The molecule has 0 saturated heterocycles. The number of hydrogen-bond donors (Lipinski definition) is 1. The second-order valence-corrected chi connectivity index (χ2v) is 6.76. The van der Waals surface area contributed by atoms with Crippen LogP contribution in [0.3, 0.4) is 0 Å². The standard InChI is InChI=1S/C9H21NOS/c1-7(10-6)8(2)12(11)9(3,4)5/h7-8,10H,1-6H3. The van der Waals surface area contributed by atoms with Gasteiger partial charge in [-0.3, -0.25) is 4.21 Å². The maximum absolute atomic E-state index is 11.8. The lowest BCUT2D eigenvalue weighted by atomic mass is 10.2. The van der Waals surface area contributed by atoms with Crippen molar-refractivity contribution in [1.82, 2.24) is 5.32 Å². The minimum absolute atomic E-state index is 0.107. The van der Waals surface area contributed by atoms with Gasteiger partial charge in [-0.25, -0.2) is 0 Å². The normalized spacial score (nSPS) is 20.2. The summed E-state index contributed by atoms with van der Waals surface area (Å²) in [6.07, 6.45) is 0. The molecule has 0 radical (unpaired) electrons. The third kappa shape index (κ3) is 3.23. The van der Waals surface area contributed by atoms with E-state index in [9.17, 15) is 4.21 Å². The highest BCUT2D eigenvalue weighted by Crippen LogP contribution is 2.17. The van der Waals surface area contributed by atoms with Crippen molar-refractivity contribution >= 4 is 10.8 Å². The van der Waals surface area contributed by atoms with Gasteiger partial charge in [0.1, 0.15) is 0 Å². The van der Waals surface area contributed by atoms with E-state index in [4.69, 9.17) is 0 Å². The van der Waals surface area contributed by atoms with Gasteiger partial charge in [-0.1, -0.05) is 0 Å². The first-order valence-electron chi connectivity index (χ1n) is 4.38. The van der Waals surface area contributed by atoms with Crippen molar-refractivity contribution in [3.63, 3.8) is 0 Å². The van der Waals surface area contributed by atoms with Crippen LogP contribution in [0.15, 0.2) is 0 Å². The summed E-state index contributed by atoms with van der Waals surface area (Å²) in [6.45, 7) is 10.1. The van der Waals surface area contributed by atoms with E-state index in [2.05, 4.69) is 12.2 Å². The molecule has 0 spiro atoms. The Balaban J connectivity index is 4.30. The second kappa shape index (κ2) is 4.38. The van der Waals surface area contributed by atoms with E-state index in [1.807, 2.05) is 34.7 Å². The average Bonchev–Trinajstić information content (AvgIpc) is 1.98. The molecule has 0 aromatic heterocycles. The molecule has 3 unspecified atom stereocenters. The van der Waals surface area contributed by atoms with Crippen molar-refractivity contribution in [2.24, 2.45) is 0 Å². The Bertz CT molecular complexity index is 162. The molecule has 2 nitrogen and oxygen atoms in total. The summed E-state index contributed by atoms with van der Waals surface area (Å²) in [7, 11) is 1.13. The van der Waals surface area contributed by atoms with Crippen LogP contribution >= 0.6 is 0 Å². The van der Waals surface area contributed by atoms with Crippen molar-refractivity contribution < 1.29 is 4.21 Å². The highest BCUT2D eigenvalue weighted by molar-refractivity contribution is 7.87. The summed E-state index contributed by atoms with van der Waals surface area (Å²) in [6, 6.07) is 0.310. The Morgan fingerprint density at radius 2 is 1.67 bits per heavy atom. The lowest BCUT2D eigenvalue weighted by Crippen LogP contribution is -2.41. The molecule has 0 aliphatic carbocycles. The SMILES string of the molecule is CNC(C)C(C)S(=O)C(C)(C)C. The molecule has 0 aliphatic rings. The minimum atomic E-state index is -0.775. The third-order valence-electron chi connectivity index (χ3n) is 2.10. The van der Waals surface area contributed by atoms with Gasteiger partial charge in [0.25, 0.3) is 0 Å². The zero-order chi connectivity index (χ0) is 9.94. The van der Waals surface area contributed by atoms with Crippen molar-refractivity contribution in [3.8, 4) is 0 Å². The fraction of sp³-hybridized carbons (Fsp3) is 1.00. The van der Waals surface area contributed by atoms with Gasteiger partial charge < -0.3 is 5.32 Å². The molecule has 0 aromatic rings. The van der Waals surface area contributed by atoms with E-state index < -0.39 is 10.8 Å². The molecule has 12 heavy (non-hydrogen) atoms. The van der Waals surface area contributed by atoms with E-state index >= 15 is 0 Å². The maximum atomic E-state index is 11.8. The summed E-state index contributed by atoms with van der Waals surface area (Å²) >= 11 is 0. The molecular weight excluding hydrogens is 170 g/mol. The Labute approximate surface area is 78.6 Å².